The monoisotopic (exact) mass is 541 g/mol. The number of amides is 1. The van der Waals surface area contributed by atoms with Gasteiger partial charge in [0.25, 0.3) is 5.91 Å². The molecule has 4 aromatic rings. The number of pyridine rings is 1. The normalized spacial score (nSPS) is 14.1. The van der Waals surface area contributed by atoms with Gasteiger partial charge in [0.15, 0.2) is 0 Å². The summed E-state index contributed by atoms with van der Waals surface area (Å²) in [5.74, 6) is -0.996. The fraction of sp³-hybridized carbons (Fsp3) is 0.286. The van der Waals surface area contributed by atoms with Crippen LogP contribution in [0.1, 0.15) is 28.7 Å². The number of aryl methyl sites for hydroxylation is 1. The van der Waals surface area contributed by atoms with Crippen molar-refractivity contribution in [1.29, 1.82) is 0 Å². The number of anilines is 2. The van der Waals surface area contributed by atoms with Crippen molar-refractivity contribution in [2.24, 2.45) is 0 Å². The molecule has 1 amide bonds. The molecule has 1 aliphatic heterocycles. The Morgan fingerprint density at radius 2 is 1.51 bits per heavy atom. The maximum absolute atomic E-state index is 13.8. The average molecular weight is 542 g/mol. The van der Waals surface area contributed by atoms with E-state index >= 15 is 0 Å². The Morgan fingerprint density at radius 3 is 2.08 bits per heavy atom. The first-order valence-corrected chi connectivity index (χ1v) is 12.6. The number of hydrogen-bond acceptors (Lipinski definition) is 5. The first kappa shape index (κ1) is 26.3. The van der Waals surface area contributed by atoms with E-state index in [1.165, 1.54) is 28.8 Å². The van der Waals surface area contributed by atoms with Crippen LogP contribution in [0.15, 0.2) is 66.9 Å². The average Bonchev–Trinajstić information content (AvgIpc) is 3.29. The zero-order valence-electron chi connectivity index (χ0n) is 21.2. The maximum Gasteiger partial charge on any atom is 0.573 e. The van der Waals surface area contributed by atoms with Gasteiger partial charge < -0.3 is 19.9 Å². The van der Waals surface area contributed by atoms with Gasteiger partial charge >= 0.3 is 6.36 Å². The van der Waals surface area contributed by atoms with Crippen LogP contribution in [0.3, 0.4) is 0 Å². The van der Waals surface area contributed by atoms with E-state index < -0.39 is 12.2 Å². The molecule has 2 aromatic heterocycles. The second kappa shape index (κ2) is 10.8. The van der Waals surface area contributed by atoms with Crippen LogP contribution < -0.4 is 19.9 Å². The van der Waals surface area contributed by atoms with E-state index in [4.69, 9.17) is 0 Å². The van der Waals surface area contributed by atoms with Crippen molar-refractivity contribution < 1.29 is 27.1 Å². The molecule has 3 heterocycles. The maximum atomic E-state index is 13.8. The molecule has 0 bridgehead atoms. The molecule has 0 aliphatic carbocycles. The first-order chi connectivity index (χ1) is 18.7. The smallest absolute Gasteiger partial charge is 0.406 e. The predicted octanol–water partition coefficient (Wildman–Crippen LogP) is 5.19. The highest BCUT2D eigenvalue weighted by Crippen LogP contribution is 2.27. The molecule has 7 nitrogen and oxygen atoms in total. The summed E-state index contributed by atoms with van der Waals surface area (Å²) in [5.41, 5.74) is 4.28. The fourth-order valence-electron chi connectivity index (χ4n) is 4.73. The molecule has 2 aromatic carbocycles. The number of nitrogens with one attached hydrogen (secondary N) is 1. The molecule has 0 unspecified atom stereocenters. The molecule has 11 heteroatoms. The van der Waals surface area contributed by atoms with Crippen molar-refractivity contribution in [3.63, 3.8) is 0 Å². The second-order valence-electron chi connectivity index (χ2n) is 9.20. The minimum Gasteiger partial charge on any atom is -0.406 e. The number of nitrogens with zero attached hydrogens (tertiary/aromatic N) is 4. The molecule has 1 N–H and O–H groups in total. The SMILES string of the molecule is CCc1nc2ccc(F)cn2c1C(=O)NCc1ccc(N2CCN(c3ccc(OC(F)(F)F)cc3)CC2)cc1. The van der Waals surface area contributed by atoms with Crippen LogP contribution in [-0.2, 0) is 13.0 Å². The number of carbonyl (C=O) groups is 1. The highest BCUT2D eigenvalue weighted by molar-refractivity contribution is 5.94. The number of benzene rings is 2. The fourth-order valence-corrected chi connectivity index (χ4v) is 4.73. The van der Waals surface area contributed by atoms with Crippen LogP contribution in [0.5, 0.6) is 5.75 Å². The van der Waals surface area contributed by atoms with Crippen molar-refractivity contribution in [3.05, 3.63) is 89.6 Å². The Labute approximate surface area is 222 Å². The Balaban J connectivity index is 1.16. The molecule has 0 radical (unpaired) electrons. The zero-order valence-corrected chi connectivity index (χ0v) is 21.2. The molecule has 5 rings (SSSR count). The van der Waals surface area contributed by atoms with Crippen LogP contribution in [0.2, 0.25) is 0 Å². The summed E-state index contributed by atoms with van der Waals surface area (Å²) in [6.45, 7) is 5.15. The van der Waals surface area contributed by atoms with Crippen LogP contribution in [0.25, 0.3) is 5.65 Å². The molecule has 0 atom stereocenters. The minimum absolute atomic E-state index is 0.237. The number of hydrogen-bond donors (Lipinski definition) is 1. The largest absolute Gasteiger partial charge is 0.573 e. The lowest BCUT2D eigenvalue weighted by molar-refractivity contribution is -0.274. The Hall–Kier alpha value is -4.28. The predicted molar refractivity (Wildman–Crippen MR) is 140 cm³/mol. The molecule has 0 spiro atoms. The molecule has 39 heavy (non-hydrogen) atoms. The summed E-state index contributed by atoms with van der Waals surface area (Å²) >= 11 is 0. The number of rotatable bonds is 7. The van der Waals surface area contributed by atoms with Gasteiger partial charge in [0, 0.05) is 50.3 Å². The summed E-state index contributed by atoms with van der Waals surface area (Å²) in [6.07, 6.45) is -2.89. The Kier molecular flexibility index (Phi) is 7.32. The van der Waals surface area contributed by atoms with Crippen LogP contribution in [0, 0.1) is 5.82 Å². The molecule has 204 valence electrons. The zero-order chi connectivity index (χ0) is 27.6. The summed E-state index contributed by atoms with van der Waals surface area (Å²) in [7, 11) is 0. The van der Waals surface area contributed by atoms with E-state index in [1.807, 2.05) is 31.2 Å². The number of alkyl halides is 3. The van der Waals surface area contributed by atoms with Gasteiger partial charge in [0.1, 0.15) is 22.9 Å². The van der Waals surface area contributed by atoms with E-state index in [0.717, 1.165) is 43.1 Å². The standard InChI is InChI=1S/C28H27F4N5O2/c1-2-24-26(37-18-20(29)5-12-25(37)34-24)27(38)33-17-19-3-6-21(7-4-19)35-13-15-36(16-14-35)22-8-10-23(11-9-22)39-28(30,31)32/h3-12,18H,2,13-17H2,1H3,(H,33,38). The van der Waals surface area contributed by atoms with Crippen molar-refractivity contribution in [2.75, 3.05) is 36.0 Å². The second-order valence-corrected chi connectivity index (χ2v) is 9.20. The first-order valence-electron chi connectivity index (χ1n) is 12.6. The van der Waals surface area contributed by atoms with E-state index in [2.05, 4.69) is 24.8 Å². The van der Waals surface area contributed by atoms with Gasteiger partial charge in [0.2, 0.25) is 0 Å². The number of carbonyl (C=O) groups excluding carboxylic acids is 1. The quantitative estimate of drug-likeness (QED) is 0.327. The van der Waals surface area contributed by atoms with Crippen LogP contribution >= 0.6 is 0 Å². The van der Waals surface area contributed by atoms with Gasteiger partial charge in [-0.2, -0.15) is 0 Å². The molecular formula is C28H27F4N5O2. The van der Waals surface area contributed by atoms with Crippen molar-refractivity contribution in [3.8, 4) is 5.75 Å². The summed E-state index contributed by atoms with van der Waals surface area (Å²) < 4.78 is 56.4. The van der Waals surface area contributed by atoms with Crippen molar-refractivity contribution in [1.82, 2.24) is 14.7 Å². The van der Waals surface area contributed by atoms with E-state index in [0.29, 0.717) is 30.0 Å². The highest BCUT2D eigenvalue weighted by atomic mass is 19.4. The number of halogens is 4. The summed E-state index contributed by atoms with van der Waals surface area (Å²) in [6, 6.07) is 16.7. The van der Waals surface area contributed by atoms with Gasteiger partial charge in [-0.25, -0.2) is 9.37 Å². The third kappa shape index (κ3) is 6.08. The summed E-state index contributed by atoms with van der Waals surface area (Å²) in [5, 5.41) is 2.91. The lowest BCUT2D eigenvalue weighted by Crippen LogP contribution is -2.46. The van der Waals surface area contributed by atoms with E-state index in [-0.39, 0.29) is 11.7 Å². The van der Waals surface area contributed by atoms with Crippen molar-refractivity contribution in [2.45, 2.75) is 26.3 Å². The number of fused-ring (bicyclic) bond motifs is 1. The third-order valence-electron chi connectivity index (χ3n) is 6.67. The lowest BCUT2D eigenvalue weighted by Gasteiger charge is -2.37. The number of imidazole rings is 1. The van der Waals surface area contributed by atoms with Gasteiger partial charge in [-0.15, -0.1) is 13.2 Å². The van der Waals surface area contributed by atoms with Gasteiger partial charge in [-0.1, -0.05) is 19.1 Å². The van der Waals surface area contributed by atoms with Crippen LogP contribution in [-0.4, -0.2) is 47.8 Å². The number of aromatic nitrogens is 2. The highest BCUT2D eigenvalue weighted by Gasteiger charge is 2.31. The lowest BCUT2D eigenvalue weighted by atomic mass is 10.1. The van der Waals surface area contributed by atoms with Crippen LogP contribution in [0.4, 0.5) is 28.9 Å². The topological polar surface area (TPSA) is 62.1 Å². The number of piperazine rings is 1. The van der Waals surface area contributed by atoms with Gasteiger partial charge in [-0.3, -0.25) is 9.20 Å². The van der Waals surface area contributed by atoms with E-state index in [1.54, 1.807) is 18.2 Å². The Morgan fingerprint density at radius 1 is 0.923 bits per heavy atom. The van der Waals surface area contributed by atoms with Gasteiger partial charge in [0.05, 0.1) is 5.69 Å². The molecule has 1 fully saturated rings. The van der Waals surface area contributed by atoms with Gasteiger partial charge in [-0.05, 0) is 60.5 Å². The molecular weight excluding hydrogens is 514 g/mol. The molecule has 0 saturated carbocycles. The van der Waals surface area contributed by atoms with E-state index in [9.17, 15) is 22.4 Å². The minimum atomic E-state index is -4.71. The molecule has 1 saturated heterocycles. The molecule has 1 aliphatic rings. The van der Waals surface area contributed by atoms with Crippen molar-refractivity contribution >= 4 is 22.9 Å². The third-order valence-corrected chi connectivity index (χ3v) is 6.67. The Bertz CT molecular complexity index is 1440. The summed E-state index contributed by atoms with van der Waals surface area (Å²) in [4.78, 5) is 21.8. The number of ether oxygens (including phenoxy) is 1.